The van der Waals surface area contributed by atoms with Gasteiger partial charge in [0.25, 0.3) is 11.8 Å². The standard InChI is InChI=1S/C11H12ClF2NO2/c1-7-2-3-8(4-9(7)12)10(17)15-5-11(13,14)6-16/h2-4,16H,5-6H2,1H3,(H,15,17). The number of aliphatic hydroxyl groups excluding tert-OH is 1. The van der Waals surface area contributed by atoms with Crippen molar-refractivity contribution in [2.24, 2.45) is 0 Å². The van der Waals surface area contributed by atoms with Crippen molar-refractivity contribution in [3.8, 4) is 0 Å². The van der Waals surface area contributed by atoms with Gasteiger partial charge in [-0.25, -0.2) is 8.78 Å². The average Bonchev–Trinajstić information content (AvgIpc) is 2.30. The summed E-state index contributed by atoms with van der Waals surface area (Å²) in [7, 11) is 0. The van der Waals surface area contributed by atoms with Gasteiger partial charge in [0, 0.05) is 10.6 Å². The average molecular weight is 264 g/mol. The largest absolute Gasteiger partial charge is 0.390 e. The first-order valence-corrected chi connectivity index (χ1v) is 5.26. The van der Waals surface area contributed by atoms with Gasteiger partial charge in [-0.1, -0.05) is 17.7 Å². The van der Waals surface area contributed by atoms with Crippen LogP contribution in [0.5, 0.6) is 0 Å². The molecule has 17 heavy (non-hydrogen) atoms. The zero-order valence-corrected chi connectivity index (χ0v) is 9.89. The summed E-state index contributed by atoms with van der Waals surface area (Å²) in [5.74, 6) is -3.97. The zero-order chi connectivity index (χ0) is 13.1. The van der Waals surface area contributed by atoms with Crippen molar-refractivity contribution < 1.29 is 18.7 Å². The number of halogens is 3. The van der Waals surface area contributed by atoms with Crippen molar-refractivity contribution in [2.75, 3.05) is 13.2 Å². The summed E-state index contributed by atoms with van der Waals surface area (Å²) in [5.41, 5.74) is 0.998. The van der Waals surface area contributed by atoms with Gasteiger partial charge in [0.2, 0.25) is 0 Å². The van der Waals surface area contributed by atoms with E-state index in [1.807, 2.05) is 5.32 Å². The first kappa shape index (κ1) is 13.9. The van der Waals surface area contributed by atoms with Crippen LogP contribution in [0.15, 0.2) is 18.2 Å². The molecule has 0 radical (unpaired) electrons. The molecule has 0 aliphatic carbocycles. The quantitative estimate of drug-likeness (QED) is 0.873. The highest BCUT2D eigenvalue weighted by atomic mass is 35.5. The molecule has 2 N–H and O–H groups in total. The minimum Gasteiger partial charge on any atom is -0.390 e. The molecule has 94 valence electrons. The number of nitrogens with one attached hydrogen (secondary N) is 1. The first-order valence-electron chi connectivity index (χ1n) is 4.89. The molecule has 1 aromatic rings. The molecule has 0 atom stereocenters. The predicted molar refractivity (Wildman–Crippen MR) is 60.6 cm³/mol. The second kappa shape index (κ2) is 5.42. The Hall–Kier alpha value is -1.20. The van der Waals surface area contributed by atoms with Crippen LogP contribution in [0.1, 0.15) is 15.9 Å². The van der Waals surface area contributed by atoms with E-state index in [9.17, 15) is 13.6 Å². The Labute approximate surface area is 102 Å². The summed E-state index contributed by atoms with van der Waals surface area (Å²) in [6, 6.07) is 4.53. The third-order valence-electron chi connectivity index (χ3n) is 2.17. The zero-order valence-electron chi connectivity index (χ0n) is 9.14. The minimum absolute atomic E-state index is 0.203. The van der Waals surface area contributed by atoms with Crippen molar-refractivity contribution in [1.82, 2.24) is 5.32 Å². The molecular weight excluding hydrogens is 252 g/mol. The van der Waals surface area contributed by atoms with Gasteiger partial charge in [-0.15, -0.1) is 0 Å². The van der Waals surface area contributed by atoms with E-state index in [0.29, 0.717) is 5.02 Å². The van der Waals surface area contributed by atoms with Crippen LogP contribution in [0.25, 0.3) is 0 Å². The van der Waals surface area contributed by atoms with E-state index in [0.717, 1.165) is 5.56 Å². The lowest BCUT2D eigenvalue weighted by Crippen LogP contribution is -2.38. The van der Waals surface area contributed by atoms with Crippen LogP contribution in [0.3, 0.4) is 0 Å². The molecule has 0 spiro atoms. The topological polar surface area (TPSA) is 49.3 Å². The van der Waals surface area contributed by atoms with Crippen molar-refractivity contribution in [3.63, 3.8) is 0 Å². The molecular formula is C11H12ClF2NO2. The molecule has 0 unspecified atom stereocenters. The van der Waals surface area contributed by atoms with E-state index in [2.05, 4.69) is 0 Å². The van der Waals surface area contributed by atoms with Crippen LogP contribution >= 0.6 is 11.6 Å². The molecule has 0 heterocycles. The van der Waals surface area contributed by atoms with E-state index in [1.54, 1.807) is 13.0 Å². The molecule has 0 aliphatic heterocycles. The first-order chi connectivity index (χ1) is 7.85. The number of aryl methyl sites for hydroxylation is 1. The second-order valence-corrected chi connectivity index (χ2v) is 4.07. The van der Waals surface area contributed by atoms with Crippen LogP contribution in [0.2, 0.25) is 5.02 Å². The van der Waals surface area contributed by atoms with Crippen molar-refractivity contribution in [1.29, 1.82) is 0 Å². The highest BCUT2D eigenvalue weighted by Crippen LogP contribution is 2.17. The lowest BCUT2D eigenvalue weighted by Gasteiger charge is -2.14. The number of carbonyl (C=O) groups excluding carboxylic acids is 1. The Morgan fingerprint density at radius 1 is 1.53 bits per heavy atom. The Balaban J connectivity index is 2.68. The van der Waals surface area contributed by atoms with Gasteiger partial charge in [0.1, 0.15) is 6.61 Å². The monoisotopic (exact) mass is 263 g/mol. The fourth-order valence-electron chi connectivity index (χ4n) is 1.10. The summed E-state index contributed by atoms with van der Waals surface area (Å²) >= 11 is 5.81. The lowest BCUT2D eigenvalue weighted by molar-refractivity contribution is -0.0462. The molecule has 3 nitrogen and oxygen atoms in total. The second-order valence-electron chi connectivity index (χ2n) is 3.66. The fraction of sp³-hybridized carbons (Fsp3) is 0.364. The summed E-state index contributed by atoms with van der Waals surface area (Å²) in [5, 5.41) is 10.8. The molecule has 0 bridgehead atoms. The molecule has 1 rings (SSSR count). The Morgan fingerprint density at radius 2 is 2.18 bits per heavy atom. The van der Waals surface area contributed by atoms with E-state index < -0.39 is 25.0 Å². The third-order valence-corrected chi connectivity index (χ3v) is 2.58. The van der Waals surface area contributed by atoms with Crippen molar-refractivity contribution >= 4 is 17.5 Å². The number of hydrogen-bond donors (Lipinski definition) is 2. The molecule has 0 aliphatic rings. The fourth-order valence-corrected chi connectivity index (χ4v) is 1.28. The molecule has 0 saturated heterocycles. The van der Waals surface area contributed by atoms with Crippen molar-refractivity contribution in [3.05, 3.63) is 34.3 Å². The number of alkyl halides is 2. The van der Waals surface area contributed by atoms with Crippen LogP contribution in [0, 0.1) is 6.92 Å². The molecule has 0 aromatic heterocycles. The van der Waals surface area contributed by atoms with Gasteiger partial charge in [-0.05, 0) is 24.6 Å². The van der Waals surface area contributed by atoms with Crippen LogP contribution in [-0.2, 0) is 0 Å². The van der Waals surface area contributed by atoms with Crippen LogP contribution in [-0.4, -0.2) is 30.1 Å². The van der Waals surface area contributed by atoms with E-state index in [4.69, 9.17) is 16.7 Å². The minimum atomic E-state index is -3.32. The summed E-state index contributed by atoms with van der Waals surface area (Å²) in [4.78, 5) is 11.5. The van der Waals surface area contributed by atoms with Gasteiger partial charge in [0.15, 0.2) is 0 Å². The Morgan fingerprint density at radius 3 is 2.71 bits per heavy atom. The number of hydrogen-bond acceptors (Lipinski definition) is 2. The maximum absolute atomic E-state index is 12.7. The van der Waals surface area contributed by atoms with E-state index in [1.165, 1.54) is 12.1 Å². The molecule has 0 fully saturated rings. The van der Waals surface area contributed by atoms with Crippen molar-refractivity contribution in [2.45, 2.75) is 12.8 Å². The van der Waals surface area contributed by atoms with Gasteiger partial charge in [-0.2, -0.15) is 0 Å². The number of rotatable bonds is 4. The normalized spacial score (nSPS) is 11.4. The van der Waals surface area contributed by atoms with Gasteiger partial charge in [0.05, 0.1) is 6.54 Å². The lowest BCUT2D eigenvalue weighted by atomic mass is 10.1. The SMILES string of the molecule is Cc1ccc(C(=O)NCC(F)(F)CO)cc1Cl. The predicted octanol–water partition coefficient (Wildman–Crippen LogP) is 2.01. The highest BCUT2D eigenvalue weighted by Gasteiger charge is 2.28. The number of amides is 1. The van der Waals surface area contributed by atoms with E-state index >= 15 is 0 Å². The maximum Gasteiger partial charge on any atom is 0.287 e. The van der Waals surface area contributed by atoms with Gasteiger partial charge in [-0.3, -0.25) is 4.79 Å². The molecule has 0 saturated carbocycles. The smallest absolute Gasteiger partial charge is 0.287 e. The number of carbonyl (C=O) groups is 1. The molecule has 1 amide bonds. The summed E-state index contributed by atoms with van der Waals surface area (Å²) in [6.45, 7) is -0.445. The number of aliphatic hydroxyl groups is 1. The summed E-state index contributed by atoms with van der Waals surface area (Å²) in [6.07, 6.45) is 0. The van der Waals surface area contributed by atoms with Crippen LogP contribution in [0.4, 0.5) is 8.78 Å². The Kier molecular flexibility index (Phi) is 4.42. The number of benzene rings is 1. The molecule has 6 heteroatoms. The van der Waals surface area contributed by atoms with E-state index in [-0.39, 0.29) is 5.56 Å². The highest BCUT2D eigenvalue weighted by molar-refractivity contribution is 6.31. The van der Waals surface area contributed by atoms with Crippen LogP contribution < -0.4 is 5.32 Å². The Bertz CT molecular complexity index is 424. The van der Waals surface area contributed by atoms with Gasteiger partial charge < -0.3 is 10.4 Å². The van der Waals surface area contributed by atoms with Gasteiger partial charge >= 0.3 is 0 Å². The molecule has 1 aromatic carbocycles. The summed E-state index contributed by atoms with van der Waals surface area (Å²) < 4.78 is 25.4. The maximum atomic E-state index is 12.7. The third kappa shape index (κ3) is 3.94.